The fourth-order valence-corrected chi connectivity index (χ4v) is 2.82. The van der Waals surface area contributed by atoms with Gasteiger partial charge >= 0.3 is 0 Å². The van der Waals surface area contributed by atoms with Crippen molar-refractivity contribution in [1.82, 2.24) is 0 Å². The van der Waals surface area contributed by atoms with Crippen LogP contribution in [0.3, 0.4) is 0 Å². The molecule has 0 saturated carbocycles. The second kappa shape index (κ2) is 6.42. The van der Waals surface area contributed by atoms with Crippen molar-refractivity contribution in [3.8, 4) is 0 Å². The first-order chi connectivity index (χ1) is 10.0. The lowest BCUT2D eigenvalue weighted by Crippen LogP contribution is -2.37. The summed E-state index contributed by atoms with van der Waals surface area (Å²) >= 11 is 0. The highest BCUT2D eigenvalue weighted by molar-refractivity contribution is 5.38. The summed E-state index contributed by atoms with van der Waals surface area (Å²) in [4.78, 5) is 0. The SMILES string of the molecule is Cc1ccc(C(CO)(CO)Cc2c(C)cccc2C)cc1. The van der Waals surface area contributed by atoms with Crippen molar-refractivity contribution in [2.75, 3.05) is 13.2 Å². The fraction of sp³-hybridized carbons (Fsp3) is 0.368. The van der Waals surface area contributed by atoms with Gasteiger partial charge in [0.15, 0.2) is 0 Å². The van der Waals surface area contributed by atoms with Crippen LogP contribution < -0.4 is 0 Å². The van der Waals surface area contributed by atoms with E-state index in [0.717, 1.165) is 5.56 Å². The van der Waals surface area contributed by atoms with Gasteiger partial charge in [0.25, 0.3) is 0 Å². The van der Waals surface area contributed by atoms with Gasteiger partial charge in [-0.1, -0.05) is 48.0 Å². The van der Waals surface area contributed by atoms with E-state index in [1.165, 1.54) is 22.3 Å². The lowest BCUT2D eigenvalue weighted by atomic mass is 9.75. The van der Waals surface area contributed by atoms with Crippen LogP contribution >= 0.6 is 0 Å². The Balaban J connectivity index is 2.45. The Morgan fingerprint density at radius 1 is 0.810 bits per heavy atom. The van der Waals surface area contributed by atoms with Gasteiger partial charge < -0.3 is 10.2 Å². The minimum absolute atomic E-state index is 0.0691. The van der Waals surface area contributed by atoms with E-state index in [-0.39, 0.29) is 13.2 Å². The van der Waals surface area contributed by atoms with Crippen LogP contribution in [0.2, 0.25) is 0 Å². The Bertz CT molecular complexity index is 575. The smallest absolute Gasteiger partial charge is 0.0553 e. The zero-order valence-corrected chi connectivity index (χ0v) is 13.1. The molecule has 0 unspecified atom stereocenters. The van der Waals surface area contributed by atoms with E-state index in [1.807, 2.05) is 37.3 Å². The Morgan fingerprint density at radius 3 is 1.81 bits per heavy atom. The first kappa shape index (κ1) is 15.7. The van der Waals surface area contributed by atoms with Crippen LogP contribution in [-0.2, 0) is 11.8 Å². The topological polar surface area (TPSA) is 40.5 Å². The molecule has 112 valence electrons. The summed E-state index contributed by atoms with van der Waals surface area (Å²) < 4.78 is 0. The third-order valence-corrected chi connectivity index (χ3v) is 4.43. The zero-order valence-electron chi connectivity index (χ0n) is 13.1. The third-order valence-electron chi connectivity index (χ3n) is 4.43. The number of aryl methyl sites for hydroxylation is 3. The molecule has 0 bridgehead atoms. The summed E-state index contributed by atoms with van der Waals surface area (Å²) in [7, 11) is 0. The minimum Gasteiger partial charge on any atom is -0.395 e. The Kier molecular flexibility index (Phi) is 4.81. The van der Waals surface area contributed by atoms with Crippen LogP contribution in [-0.4, -0.2) is 23.4 Å². The lowest BCUT2D eigenvalue weighted by Gasteiger charge is -2.32. The molecule has 0 spiro atoms. The molecule has 2 aromatic carbocycles. The molecule has 0 aliphatic heterocycles. The second-order valence-electron chi connectivity index (χ2n) is 6.01. The number of hydrogen-bond acceptors (Lipinski definition) is 2. The van der Waals surface area contributed by atoms with Gasteiger partial charge in [0, 0.05) is 5.41 Å². The number of aliphatic hydroxyl groups excluding tert-OH is 2. The third kappa shape index (κ3) is 3.17. The van der Waals surface area contributed by atoms with E-state index in [1.54, 1.807) is 0 Å². The highest BCUT2D eigenvalue weighted by Gasteiger charge is 2.32. The van der Waals surface area contributed by atoms with E-state index >= 15 is 0 Å². The number of benzene rings is 2. The van der Waals surface area contributed by atoms with E-state index < -0.39 is 5.41 Å². The van der Waals surface area contributed by atoms with E-state index in [4.69, 9.17) is 0 Å². The average Bonchev–Trinajstić information content (AvgIpc) is 2.49. The fourth-order valence-electron chi connectivity index (χ4n) is 2.82. The first-order valence-electron chi connectivity index (χ1n) is 7.36. The maximum absolute atomic E-state index is 9.98. The second-order valence-corrected chi connectivity index (χ2v) is 6.01. The van der Waals surface area contributed by atoms with Crippen molar-refractivity contribution < 1.29 is 10.2 Å². The average molecular weight is 284 g/mol. The molecule has 0 amide bonds. The highest BCUT2D eigenvalue weighted by Crippen LogP contribution is 2.30. The normalized spacial score (nSPS) is 11.7. The van der Waals surface area contributed by atoms with Gasteiger partial charge in [0.2, 0.25) is 0 Å². The molecule has 0 heterocycles. The molecule has 2 nitrogen and oxygen atoms in total. The maximum Gasteiger partial charge on any atom is 0.0553 e. The van der Waals surface area contributed by atoms with E-state index in [9.17, 15) is 10.2 Å². The molecule has 2 aromatic rings. The monoisotopic (exact) mass is 284 g/mol. The Morgan fingerprint density at radius 2 is 1.33 bits per heavy atom. The molecule has 2 heteroatoms. The van der Waals surface area contributed by atoms with E-state index in [0.29, 0.717) is 6.42 Å². The molecular weight excluding hydrogens is 260 g/mol. The summed E-state index contributed by atoms with van der Waals surface area (Å²) in [5, 5.41) is 20.0. The maximum atomic E-state index is 9.98. The molecule has 2 rings (SSSR count). The first-order valence-corrected chi connectivity index (χ1v) is 7.36. The predicted molar refractivity (Wildman–Crippen MR) is 86.6 cm³/mol. The van der Waals surface area contributed by atoms with Gasteiger partial charge in [-0.05, 0) is 49.4 Å². The molecule has 0 saturated heterocycles. The molecule has 0 aliphatic rings. The van der Waals surface area contributed by atoms with Crippen LogP contribution in [0.25, 0.3) is 0 Å². The van der Waals surface area contributed by atoms with Crippen LogP contribution in [0.15, 0.2) is 42.5 Å². The Hall–Kier alpha value is -1.64. The van der Waals surface area contributed by atoms with Crippen molar-refractivity contribution in [3.05, 3.63) is 70.3 Å². The quantitative estimate of drug-likeness (QED) is 0.886. The number of rotatable bonds is 5. The molecular formula is C19H24O2. The summed E-state index contributed by atoms with van der Waals surface area (Å²) in [5.41, 5.74) is 5.14. The van der Waals surface area contributed by atoms with Gasteiger partial charge in [-0.2, -0.15) is 0 Å². The number of hydrogen-bond donors (Lipinski definition) is 2. The van der Waals surface area contributed by atoms with Crippen molar-refractivity contribution in [2.24, 2.45) is 0 Å². The molecule has 0 aliphatic carbocycles. The highest BCUT2D eigenvalue weighted by atomic mass is 16.3. The van der Waals surface area contributed by atoms with Gasteiger partial charge in [-0.25, -0.2) is 0 Å². The molecule has 0 radical (unpaired) electrons. The largest absolute Gasteiger partial charge is 0.395 e. The predicted octanol–water partition coefficient (Wildman–Crippen LogP) is 3.08. The van der Waals surface area contributed by atoms with Crippen LogP contribution in [0, 0.1) is 20.8 Å². The summed E-state index contributed by atoms with van der Waals surface area (Å²) in [6.45, 7) is 6.06. The molecule has 2 N–H and O–H groups in total. The van der Waals surface area contributed by atoms with Crippen LogP contribution in [0.4, 0.5) is 0 Å². The molecule has 21 heavy (non-hydrogen) atoms. The minimum atomic E-state index is -0.634. The Labute approximate surface area is 127 Å². The molecule has 0 atom stereocenters. The summed E-state index contributed by atoms with van der Waals surface area (Å²) in [6, 6.07) is 14.3. The van der Waals surface area contributed by atoms with Crippen molar-refractivity contribution in [2.45, 2.75) is 32.6 Å². The van der Waals surface area contributed by atoms with Gasteiger partial charge in [0.1, 0.15) is 0 Å². The lowest BCUT2D eigenvalue weighted by molar-refractivity contribution is 0.116. The zero-order chi connectivity index (χ0) is 15.5. The van der Waals surface area contributed by atoms with Crippen LogP contribution in [0.5, 0.6) is 0 Å². The summed E-state index contributed by atoms with van der Waals surface area (Å²) in [5.74, 6) is 0. The van der Waals surface area contributed by atoms with Crippen molar-refractivity contribution in [1.29, 1.82) is 0 Å². The van der Waals surface area contributed by atoms with Crippen molar-refractivity contribution >= 4 is 0 Å². The van der Waals surface area contributed by atoms with Crippen LogP contribution in [0.1, 0.15) is 27.8 Å². The standard InChI is InChI=1S/C19H24O2/c1-14-7-9-17(10-8-14)19(12-20,13-21)11-18-15(2)5-4-6-16(18)3/h4-10,20-21H,11-13H2,1-3H3. The number of aliphatic hydroxyl groups is 2. The van der Waals surface area contributed by atoms with Crippen molar-refractivity contribution in [3.63, 3.8) is 0 Å². The van der Waals surface area contributed by atoms with E-state index in [2.05, 4.69) is 26.0 Å². The molecule has 0 fully saturated rings. The van der Waals surface area contributed by atoms with Gasteiger partial charge in [0.05, 0.1) is 13.2 Å². The van der Waals surface area contributed by atoms with Gasteiger partial charge in [-0.3, -0.25) is 0 Å². The summed E-state index contributed by atoms with van der Waals surface area (Å²) in [6.07, 6.45) is 0.640. The van der Waals surface area contributed by atoms with Gasteiger partial charge in [-0.15, -0.1) is 0 Å². The molecule has 0 aromatic heterocycles.